The second kappa shape index (κ2) is 9.47. The van der Waals surface area contributed by atoms with E-state index in [1.54, 1.807) is 0 Å². The number of carboxylic acid groups (broad SMARTS) is 1. The van der Waals surface area contributed by atoms with Gasteiger partial charge in [0.05, 0.1) is 18.7 Å². The molecule has 1 aromatic rings. The number of cyclic esters (lactones) is 1. The van der Waals surface area contributed by atoms with Gasteiger partial charge in [-0.15, -0.1) is 0 Å². The number of carbonyl (C=O) groups is 2. The minimum absolute atomic E-state index is 0.00290. The van der Waals surface area contributed by atoms with Crippen LogP contribution in [-0.4, -0.2) is 71.7 Å². The van der Waals surface area contributed by atoms with Gasteiger partial charge >= 0.3 is 12.2 Å². The van der Waals surface area contributed by atoms with E-state index in [0.717, 1.165) is 12.1 Å². The van der Waals surface area contributed by atoms with Crippen molar-refractivity contribution >= 4 is 12.2 Å². The van der Waals surface area contributed by atoms with Crippen molar-refractivity contribution in [2.75, 3.05) is 26.2 Å². The van der Waals surface area contributed by atoms with E-state index in [9.17, 15) is 23.5 Å². The number of aliphatic hydroxyl groups excluding tert-OH is 1. The molecule has 10 heteroatoms. The number of ether oxygens (including phenoxy) is 1. The molecule has 8 nitrogen and oxygen atoms in total. The maximum Gasteiger partial charge on any atom is 0.410 e. The van der Waals surface area contributed by atoms with E-state index >= 15 is 0 Å². The van der Waals surface area contributed by atoms with Crippen LogP contribution in [0.2, 0.25) is 0 Å². The number of rotatable bonds is 9. The van der Waals surface area contributed by atoms with Gasteiger partial charge in [-0.2, -0.15) is 0 Å². The molecule has 0 radical (unpaired) electrons. The smallest absolute Gasteiger partial charge is 0.410 e. The van der Waals surface area contributed by atoms with Gasteiger partial charge in [0.1, 0.15) is 17.7 Å². The first-order chi connectivity index (χ1) is 12.8. The molecule has 0 aromatic heterocycles. The molecular formula is C17H23F2N3O5. The summed E-state index contributed by atoms with van der Waals surface area (Å²) in [4.78, 5) is 24.0. The minimum Gasteiger partial charge on any atom is -0.465 e. The molecule has 1 fully saturated rings. The van der Waals surface area contributed by atoms with E-state index in [1.165, 1.54) is 4.90 Å². The predicted octanol–water partition coefficient (Wildman–Crippen LogP) is 0.935. The zero-order chi connectivity index (χ0) is 20.0. The number of carbonyl (C=O) groups excluding carboxylic acids is 1. The third-order valence-corrected chi connectivity index (χ3v) is 4.21. The van der Waals surface area contributed by atoms with E-state index in [0.29, 0.717) is 19.2 Å². The minimum atomic E-state index is -1.36. The van der Waals surface area contributed by atoms with Gasteiger partial charge in [-0.3, -0.25) is 0 Å². The summed E-state index contributed by atoms with van der Waals surface area (Å²) in [5.41, 5.74) is 0.216. The first-order valence-electron chi connectivity index (χ1n) is 8.57. The predicted molar refractivity (Wildman–Crippen MR) is 91.4 cm³/mol. The number of benzene rings is 1. The second-order valence-corrected chi connectivity index (χ2v) is 6.31. The molecule has 1 saturated heterocycles. The SMILES string of the molecule is CCN1C[C@H](CNC[C@@H](O)[C@H](Cc2cc(F)cc(F)c2)NC(=O)O)OC1=O. The third-order valence-electron chi connectivity index (χ3n) is 4.21. The van der Waals surface area contributed by atoms with Gasteiger partial charge < -0.3 is 30.5 Å². The van der Waals surface area contributed by atoms with Crippen LogP contribution in [0.5, 0.6) is 0 Å². The number of hydrogen-bond acceptors (Lipinski definition) is 5. The van der Waals surface area contributed by atoms with Crippen LogP contribution < -0.4 is 10.6 Å². The van der Waals surface area contributed by atoms with Crippen LogP contribution in [0.15, 0.2) is 18.2 Å². The monoisotopic (exact) mass is 387 g/mol. The number of likely N-dealkylation sites (N-methyl/N-ethyl adjacent to an activating group) is 1. The van der Waals surface area contributed by atoms with Crippen LogP contribution in [0.3, 0.4) is 0 Å². The molecule has 1 aliphatic rings. The van der Waals surface area contributed by atoms with Crippen molar-refractivity contribution in [2.24, 2.45) is 0 Å². The quantitative estimate of drug-likeness (QED) is 0.502. The first kappa shape index (κ1) is 20.8. The molecule has 150 valence electrons. The van der Waals surface area contributed by atoms with Crippen molar-refractivity contribution in [3.63, 3.8) is 0 Å². The standard InChI is InChI=1S/C17H23F2N3O5/c1-2-22-9-13(27-17(22)26)7-20-8-15(23)14(21-16(24)25)5-10-3-11(18)6-12(19)4-10/h3-4,6,13-15,20-21,23H,2,5,7-9H2,1H3,(H,24,25)/t13-,14-,15+/m0/s1. The van der Waals surface area contributed by atoms with Crippen molar-refractivity contribution in [1.82, 2.24) is 15.5 Å². The largest absolute Gasteiger partial charge is 0.465 e. The Kier molecular flexibility index (Phi) is 7.31. The Hall–Kier alpha value is -2.46. The topological polar surface area (TPSA) is 111 Å². The van der Waals surface area contributed by atoms with Crippen LogP contribution in [0.1, 0.15) is 12.5 Å². The maximum atomic E-state index is 13.3. The number of amides is 2. The van der Waals surface area contributed by atoms with Crippen LogP contribution in [0.25, 0.3) is 0 Å². The molecular weight excluding hydrogens is 364 g/mol. The third kappa shape index (κ3) is 6.33. The lowest BCUT2D eigenvalue weighted by Crippen LogP contribution is -2.49. The van der Waals surface area contributed by atoms with E-state index < -0.39 is 36.0 Å². The van der Waals surface area contributed by atoms with Gasteiger partial charge in [-0.1, -0.05) is 0 Å². The molecule has 2 amide bonds. The zero-order valence-corrected chi connectivity index (χ0v) is 14.8. The van der Waals surface area contributed by atoms with Crippen molar-refractivity contribution in [1.29, 1.82) is 0 Å². The Morgan fingerprint density at radius 1 is 1.37 bits per heavy atom. The highest BCUT2D eigenvalue weighted by molar-refractivity contribution is 5.69. The highest BCUT2D eigenvalue weighted by atomic mass is 19.1. The van der Waals surface area contributed by atoms with Crippen LogP contribution in [0.4, 0.5) is 18.4 Å². The molecule has 27 heavy (non-hydrogen) atoms. The van der Waals surface area contributed by atoms with Crippen molar-refractivity contribution < 1.29 is 33.3 Å². The number of hydrogen-bond donors (Lipinski definition) is 4. The number of aliphatic hydroxyl groups is 1. The van der Waals surface area contributed by atoms with Gasteiger partial charge in [-0.05, 0) is 31.0 Å². The fourth-order valence-electron chi connectivity index (χ4n) is 2.90. The zero-order valence-electron chi connectivity index (χ0n) is 14.8. The summed E-state index contributed by atoms with van der Waals surface area (Å²) in [6.07, 6.45) is -3.38. The molecule has 1 heterocycles. The summed E-state index contributed by atoms with van der Waals surface area (Å²) in [7, 11) is 0. The van der Waals surface area contributed by atoms with Crippen molar-refractivity contribution in [3.05, 3.63) is 35.4 Å². The molecule has 3 atom stereocenters. The summed E-state index contributed by atoms with van der Waals surface area (Å²) in [5.74, 6) is -1.56. The lowest BCUT2D eigenvalue weighted by atomic mass is 10.0. The van der Waals surface area contributed by atoms with Gasteiger partial charge in [0.25, 0.3) is 0 Å². The van der Waals surface area contributed by atoms with E-state index in [2.05, 4.69) is 10.6 Å². The average molecular weight is 387 g/mol. The summed E-state index contributed by atoms with van der Waals surface area (Å²) in [6.45, 7) is 3.08. The Bertz CT molecular complexity index is 656. The van der Waals surface area contributed by atoms with Crippen molar-refractivity contribution in [2.45, 2.75) is 31.6 Å². The van der Waals surface area contributed by atoms with Gasteiger partial charge in [0, 0.05) is 25.7 Å². The van der Waals surface area contributed by atoms with E-state index in [1.807, 2.05) is 6.92 Å². The summed E-state index contributed by atoms with van der Waals surface area (Å²) < 4.78 is 31.8. The number of halogens is 2. The summed E-state index contributed by atoms with van der Waals surface area (Å²) in [5, 5.41) is 24.3. The fraction of sp³-hybridized carbons (Fsp3) is 0.529. The highest BCUT2D eigenvalue weighted by Gasteiger charge is 2.30. The average Bonchev–Trinajstić information content (AvgIpc) is 2.92. The van der Waals surface area contributed by atoms with Gasteiger partial charge in [0.2, 0.25) is 0 Å². The van der Waals surface area contributed by atoms with Crippen LogP contribution in [-0.2, 0) is 11.2 Å². The Balaban J connectivity index is 1.89. The van der Waals surface area contributed by atoms with Crippen molar-refractivity contribution in [3.8, 4) is 0 Å². The molecule has 1 aliphatic heterocycles. The normalized spacial score (nSPS) is 18.9. The molecule has 2 rings (SSSR count). The molecule has 0 unspecified atom stereocenters. The van der Waals surface area contributed by atoms with E-state index in [4.69, 9.17) is 9.84 Å². The second-order valence-electron chi connectivity index (χ2n) is 6.31. The molecule has 0 saturated carbocycles. The highest BCUT2D eigenvalue weighted by Crippen LogP contribution is 2.12. The maximum absolute atomic E-state index is 13.3. The van der Waals surface area contributed by atoms with Gasteiger partial charge in [0.15, 0.2) is 0 Å². The Morgan fingerprint density at radius 3 is 2.59 bits per heavy atom. The first-order valence-corrected chi connectivity index (χ1v) is 8.57. The lowest BCUT2D eigenvalue weighted by molar-refractivity contribution is 0.108. The molecule has 1 aromatic carbocycles. The number of nitrogens with zero attached hydrogens (tertiary/aromatic N) is 1. The molecule has 0 bridgehead atoms. The molecule has 0 spiro atoms. The van der Waals surface area contributed by atoms with Gasteiger partial charge in [-0.25, -0.2) is 18.4 Å². The summed E-state index contributed by atoms with van der Waals surface area (Å²) in [6, 6.07) is 1.90. The van der Waals surface area contributed by atoms with E-state index in [-0.39, 0.29) is 31.2 Å². The lowest BCUT2D eigenvalue weighted by Gasteiger charge is -2.24. The molecule has 4 N–H and O–H groups in total. The Morgan fingerprint density at radius 2 is 2.04 bits per heavy atom. The summed E-state index contributed by atoms with van der Waals surface area (Å²) >= 11 is 0. The number of nitrogens with one attached hydrogen (secondary N) is 2. The Labute approximate surface area is 155 Å². The van der Waals surface area contributed by atoms with Crippen LogP contribution >= 0.6 is 0 Å². The van der Waals surface area contributed by atoms with Crippen LogP contribution in [0, 0.1) is 11.6 Å². The molecule has 0 aliphatic carbocycles. The fourth-order valence-corrected chi connectivity index (χ4v) is 2.90.